The summed E-state index contributed by atoms with van der Waals surface area (Å²) in [5.41, 5.74) is 7.93. The molecule has 2 rings (SSSR count). The van der Waals surface area contributed by atoms with E-state index in [0.717, 1.165) is 51.4 Å². The number of rotatable bonds is 4. The Kier molecular flexibility index (Phi) is 13.5. The van der Waals surface area contributed by atoms with E-state index in [2.05, 4.69) is 14.4 Å². The van der Waals surface area contributed by atoms with Gasteiger partial charge in [-0.2, -0.15) is 6.04 Å². The molecular weight excluding hydrogens is 421 g/mol. The summed E-state index contributed by atoms with van der Waals surface area (Å²) >= 11 is 1.82. The van der Waals surface area contributed by atoms with Crippen molar-refractivity contribution in [1.82, 2.24) is 0 Å². The van der Waals surface area contributed by atoms with Crippen molar-refractivity contribution in [2.24, 2.45) is 5.92 Å². The Morgan fingerprint density at radius 2 is 1.39 bits per heavy atom. The van der Waals surface area contributed by atoms with Gasteiger partial charge in [0.25, 0.3) is 0 Å². The molecule has 138 valence electrons. The van der Waals surface area contributed by atoms with Gasteiger partial charge in [0.1, 0.15) is 0 Å². The summed E-state index contributed by atoms with van der Waals surface area (Å²) in [5.74, 6) is 0.507. The first-order valence-corrected chi connectivity index (χ1v) is 12.2. The zero-order chi connectivity index (χ0) is 16.4. The third-order valence-electron chi connectivity index (χ3n) is 4.70. The molecule has 2 atom stereocenters. The summed E-state index contributed by atoms with van der Waals surface area (Å²) in [5, 5.41) is 0. The van der Waals surface area contributed by atoms with Gasteiger partial charge in [0.05, 0.1) is 10.0 Å². The Morgan fingerprint density at radius 1 is 0.913 bits per heavy atom. The predicted octanol–water partition coefficient (Wildman–Crippen LogP) is 5.55. The van der Waals surface area contributed by atoms with Crippen molar-refractivity contribution in [3.05, 3.63) is 17.9 Å². The minimum Gasteiger partial charge on any atom is -0.676 e. The maximum atomic E-state index is 12.3. The second-order valence-electron chi connectivity index (χ2n) is 6.52. The van der Waals surface area contributed by atoms with Gasteiger partial charge in [-0.3, -0.25) is 0 Å². The average Bonchev–Trinajstić information content (AvgIpc) is 2.46. The van der Waals surface area contributed by atoms with E-state index in [1.807, 2.05) is 17.3 Å². The normalized spacial score (nSPS) is 26.9. The number of sulfonamides is 1. The SMILES string of the molecule is [CH3-].[Cl][Ru+3].[NH-]C1CCCCC1[N-]S(=O)(=O)CC1CCCCCCC1. The molecule has 0 saturated heterocycles. The molecule has 0 radical (unpaired) electrons. The van der Waals surface area contributed by atoms with Crippen LogP contribution in [0.2, 0.25) is 0 Å². The first kappa shape index (κ1) is 23.8. The van der Waals surface area contributed by atoms with Gasteiger partial charge < -0.3 is 17.9 Å². The number of hydrogen-bond donors (Lipinski definition) is 0. The zero-order valence-electron chi connectivity index (χ0n) is 14.1. The van der Waals surface area contributed by atoms with E-state index in [4.69, 9.17) is 5.73 Å². The Hall–Kier alpha value is 0.783. The standard InChI is InChI=1S/C15H28N2O2S.CH3.ClH.Ru/c16-14-10-6-7-11-15(14)17-20(18,19)12-13-8-4-2-1-3-5-9-13;;;/h13-16H,1-12H2;1H3;1H;/q-2;-1;;+4/p-1. The van der Waals surface area contributed by atoms with E-state index in [-0.39, 0.29) is 31.2 Å². The Bertz CT molecular complexity index is 388. The molecule has 2 aliphatic carbocycles. The van der Waals surface area contributed by atoms with Crippen LogP contribution in [0, 0.1) is 13.3 Å². The Morgan fingerprint density at radius 3 is 1.96 bits per heavy atom. The van der Waals surface area contributed by atoms with Gasteiger partial charge in [0.2, 0.25) is 0 Å². The van der Waals surface area contributed by atoms with Gasteiger partial charge in [-0.25, -0.2) is 8.42 Å². The minimum absolute atomic E-state index is 0. The van der Waals surface area contributed by atoms with E-state index in [9.17, 15) is 8.42 Å². The largest absolute Gasteiger partial charge is 0.676 e. The monoisotopic (exact) mass is 452 g/mol. The smallest absolute Gasteiger partial charge is 0.0726 e. The second-order valence-corrected chi connectivity index (χ2v) is 8.23. The first-order chi connectivity index (χ1) is 10.6. The molecule has 0 aromatic carbocycles. The average molecular weight is 452 g/mol. The van der Waals surface area contributed by atoms with E-state index < -0.39 is 10.0 Å². The van der Waals surface area contributed by atoms with Gasteiger partial charge >= 0.3 is 27.0 Å². The fraction of sp³-hybridized carbons (Fsp3) is 0.938. The molecule has 4 nitrogen and oxygen atoms in total. The molecule has 7 heteroatoms. The summed E-state index contributed by atoms with van der Waals surface area (Å²) in [7, 11) is 1.23. The van der Waals surface area contributed by atoms with Crippen molar-refractivity contribution in [3.63, 3.8) is 0 Å². The molecule has 2 fully saturated rings. The van der Waals surface area contributed by atoms with Crippen LogP contribution >= 0.6 is 9.69 Å². The second kappa shape index (κ2) is 13.0. The topological polar surface area (TPSA) is 72.0 Å². The molecular formula is C16H31ClN2O2RuS. The van der Waals surface area contributed by atoms with E-state index in [0.29, 0.717) is 0 Å². The van der Waals surface area contributed by atoms with Crippen LogP contribution in [0.3, 0.4) is 0 Å². The van der Waals surface area contributed by atoms with E-state index >= 15 is 0 Å². The summed E-state index contributed by atoms with van der Waals surface area (Å²) in [4.78, 5) is 0. The van der Waals surface area contributed by atoms with Crippen LogP contribution in [0.5, 0.6) is 0 Å². The fourth-order valence-electron chi connectivity index (χ4n) is 3.49. The van der Waals surface area contributed by atoms with E-state index in [1.165, 1.54) is 19.3 Å². The number of halogens is 1. The first-order valence-electron chi connectivity index (χ1n) is 8.36. The zero-order valence-corrected chi connectivity index (χ0v) is 17.4. The van der Waals surface area contributed by atoms with Crippen LogP contribution in [-0.4, -0.2) is 26.3 Å². The molecule has 0 aromatic rings. The third kappa shape index (κ3) is 9.74. The van der Waals surface area contributed by atoms with Gasteiger partial charge in [0, 0.05) is 5.75 Å². The molecule has 2 aliphatic rings. The quantitative estimate of drug-likeness (QED) is 0.415. The summed E-state index contributed by atoms with van der Waals surface area (Å²) < 4.78 is 28.6. The minimum atomic E-state index is -3.34. The summed E-state index contributed by atoms with van der Waals surface area (Å²) in [6.07, 6.45) is 11.8. The van der Waals surface area contributed by atoms with Crippen molar-refractivity contribution in [2.75, 3.05) is 5.75 Å². The van der Waals surface area contributed by atoms with Crippen LogP contribution in [-0.2, 0) is 27.3 Å². The Balaban J connectivity index is 0.00000155. The van der Waals surface area contributed by atoms with Crippen molar-refractivity contribution in [3.8, 4) is 0 Å². The summed E-state index contributed by atoms with van der Waals surface area (Å²) in [6, 6.07) is -0.585. The van der Waals surface area contributed by atoms with Crippen molar-refractivity contribution >= 4 is 19.7 Å². The maximum absolute atomic E-state index is 12.3. The van der Waals surface area contributed by atoms with Gasteiger partial charge in [-0.15, -0.1) is 6.04 Å². The fourth-order valence-corrected chi connectivity index (χ4v) is 5.17. The van der Waals surface area contributed by atoms with Crippen LogP contribution in [0.4, 0.5) is 0 Å². The van der Waals surface area contributed by atoms with Crippen LogP contribution in [0.15, 0.2) is 0 Å². The van der Waals surface area contributed by atoms with Crippen LogP contribution < -0.4 is 0 Å². The van der Waals surface area contributed by atoms with Gasteiger partial charge in [0.15, 0.2) is 0 Å². The van der Waals surface area contributed by atoms with Crippen molar-refractivity contribution < 1.29 is 25.7 Å². The molecule has 0 spiro atoms. The molecule has 2 saturated carbocycles. The van der Waals surface area contributed by atoms with Crippen molar-refractivity contribution in [2.45, 2.75) is 82.7 Å². The van der Waals surface area contributed by atoms with Crippen molar-refractivity contribution in [1.29, 1.82) is 0 Å². The number of nitrogens with one attached hydrogen (secondary N) is 1. The van der Waals surface area contributed by atoms with Gasteiger partial charge in [-0.1, -0.05) is 57.8 Å². The molecule has 2 unspecified atom stereocenters. The number of hydrogen-bond acceptors (Lipinski definition) is 2. The molecule has 0 bridgehead atoms. The van der Waals surface area contributed by atoms with Gasteiger partial charge in [-0.05, 0) is 18.8 Å². The van der Waals surface area contributed by atoms with Crippen LogP contribution in [0.1, 0.15) is 70.6 Å². The Labute approximate surface area is 157 Å². The molecule has 0 aliphatic heterocycles. The predicted molar refractivity (Wildman–Crippen MR) is 95.6 cm³/mol. The van der Waals surface area contributed by atoms with E-state index in [1.54, 1.807) is 0 Å². The summed E-state index contributed by atoms with van der Waals surface area (Å²) in [6.45, 7) is 0. The maximum Gasteiger partial charge on any atom is 0.0726 e. The molecule has 0 heterocycles. The van der Waals surface area contributed by atoms with Crippen LogP contribution in [0.25, 0.3) is 10.5 Å². The molecule has 1 N–H and O–H groups in total. The number of nitrogens with zero attached hydrogens (tertiary/aromatic N) is 1. The molecule has 0 amide bonds. The molecule has 0 aromatic heterocycles. The third-order valence-corrected chi connectivity index (χ3v) is 6.18. The molecule has 23 heavy (non-hydrogen) atoms.